The van der Waals surface area contributed by atoms with E-state index in [1.165, 1.54) is 96.3 Å². The van der Waals surface area contributed by atoms with Crippen molar-refractivity contribution in [2.45, 2.75) is 161 Å². The monoisotopic (exact) mass is 548 g/mol. The fourth-order valence-electron chi connectivity index (χ4n) is 4.42. The van der Waals surface area contributed by atoms with Crippen LogP contribution >= 0.6 is 0 Å². The van der Waals surface area contributed by atoms with Gasteiger partial charge in [0, 0.05) is 13.0 Å². The van der Waals surface area contributed by atoms with Crippen molar-refractivity contribution in [1.29, 1.82) is 0 Å². The molecule has 0 heterocycles. The highest BCUT2D eigenvalue weighted by molar-refractivity contribution is 5.69. The molecule has 0 amide bonds. The van der Waals surface area contributed by atoms with Crippen LogP contribution in [0.2, 0.25) is 0 Å². The van der Waals surface area contributed by atoms with Crippen molar-refractivity contribution in [3.63, 3.8) is 0 Å². The molecule has 0 spiro atoms. The van der Waals surface area contributed by atoms with Gasteiger partial charge in [-0.25, -0.2) is 0 Å². The smallest absolute Gasteiger partial charge is 0.306 e. The van der Waals surface area contributed by atoms with Crippen LogP contribution in [-0.2, 0) is 14.3 Å². The first-order valence-electron chi connectivity index (χ1n) is 16.6. The zero-order valence-electron chi connectivity index (χ0n) is 25.9. The SMILES string of the molecule is CCC/C=C\C/C=C\CCCCCCCCOCC(CO)OC(=O)CCCCCCC/C=C\CCCCCC. The van der Waals surface area contributed by atoms with E-state index in [0.717, 1.165) is 38.5 Å². The van der Waals surface area contributed by atoms with E-state index in [1.807, 2.05) is 0 Å². The van der Waals surface area contributed by atoms with Crippen molar-refractivity contribution in [1.82, 2.24) is 0 Å². The van der Waals surface area contributed by atoms with E-state index in [0.29, 0.717) is 13.0 Å². The topological polar surface area (TPSA) is 55.8 Å². The molecule has 0 aromatic rings. The Morgan fingerprint density at radius 3 is 1.72 bits per heavy atom. The Morgan fingerprint density at radius 2 is 1.13 bits per heavy atom. The van der Waals surface area contributed by atoms with E-state index < -0.39 is 6.10 Å². The molecule has 0 rings (SSSR count). The molecule has 0 aromatic carbocycles. The second-order valence-electron chi connectivity index (χ2n) is 10.9. The molecule has 39 heavy (non-hydrogen) atoms. The van der Waals surface area contributed by atoms with Crippen LogP contribution in [0.3, 0.4) is 0 Å². The van der Waals surface area contributed by atoms with Crippen LogP contribution in [-0.4, -0.2) is 37.0 Å². The molecule has 0 aliphatic heterocycles. The number of hydrogen-bond acceptors (Lipinski definition) is 4. The molecule has 0 aromatic heterocycles. The molecule has 4 nitrogen and oxygen atoms in total. The van der Waals surface area contributed by atoms with Crippen LogP contribution < -0.4 is 0 Å². The molecule has 0 radical (unpaired) electrons. The van der Waals surface area contributed by atoms with Crippen LogP contribution in [0.4, 0.5) is 0 Å². The number of rotatable bonds is 30. The van der Waals surface area contributed by atoms with Crippen LogP contribution in [0.15, 0.2) is 36.5 Å². The standard InChI is InChI=1S/C35H64O4/c1-3-5-7-9-11-13-15-17-19-21-23-25-27-29-31-38-33-34(32-36)39-35(37)30-28-26-24-22-20-18-16-14-12-10-8-6-4-2/h7,9,13-16,34,36H,3-6,8,10-12,17-33H2,1-2H3/b9-7-,15-13-,16-14-. The number of carbonyl (C=O) groups excluding carboxylic acids is 1. The van der Waals surface area contributed by atoms with E-state index in [-0.39, 0.29) is 19.2 Å². The van der Waals surface area contributed by atoms with Gasteiger partial charge in [-0.1, -0.05) is 121 Å². The summed E-state index contributed by atoms with van der Waals surface area (Å²) in [5, 5.41) is 9.51. The number of allylic oxidation sites excluding steroid dienone is 6. The Kier molecular flexibility index (Phi) is 31.7. The third-order valence-corrected chi connectivity index (χ3v) is 6.92. The fraction of sp³-hybridized carbons (Fsp3) is 0.800. The molecule has 0 bridgehead atoms. The summed E-state index contributed by atoms with van der Waals surface area (Å²) in [6.45, 7) is 5.23. The van der Waals surface area contributed by atoms with E-state index in [4.69, 9.17) is 9.47 Å². The minimum atomic E-state index is -0.540. The number of carbonyl (C=O) groups is 1. The highest BCUT2D eigenvalue weighted by atomic mass is 16.6. The molecule has 0 aliphatic carbocycles. The Balaban J connectivity index is 3.49. The number of hydrogen-bond donors (Lipinski definition) is 1. The molecular weight excluding hydrogens is 484 g/mol. The van der Waals surface area contributed by atoms with Crippen molar-refractivity contribution in [3.05, 3.63) is 36.5 Å². The number of aliphatic hydroxyl groups is 1. The summed E-state index contributed by atoms with van der Waals surface area (Å²) in [5.74, 6) is -0.216. The molecule has 0 fully saturated rings. The third-order valence-electron chi connectivity index (χ3n) is 6.92. The van der Waals surface area contributed by atoms with Crippen molar-refractivity contribution >= 4 is 5.97 Å². The lowest BCUT2D eigenvalue weighted by molar-refractivity contribution is -0.154. The second-order valence-corrected chi connectivity index (χ2v) is 10.9. The quantitative estimate of drug-likeness (QED) is 0.0551. The summed E-state index contributed by atoms with van der Waals surface area (Å²) in [6, 6.07) is 0. The van der Waals surface area contributed by atoms with Gasteiger partial charge in [-0.3, -0.25) is 4.79 Å². The molecule has 0 aliphatic rings. The van der Waals surface area contributed by atoms with Gasteiger partial charge in [0.1, 0.15) is 6.10 Å². The van der Waals surface area contributed by atoms with E-state index >= 15 is 0 Å². The van der Waals surface area contributed by atoms with E-state index in [1.54, 1.807) is 0 Å². The Hall–Kier alpha value is -1.39. The molecular formula is C35H64O4. The van der Waals surface area contributed by atoms with Crippen molar-refractivity contribution in [3.8, 4) is 0 Å². The van der Waals surface area contributed by atoms with Gasteiger partial charge in [0.2, 0.25) is 0 Å². The van der Waals surface area contributed by atoms with Crippen molar-refractivity contribution in [2.75, 3.05) is 19.8 Å². The normalized spacial score (nSPS) is 12.8. The molecule has 1 N–H and O–H groups in total. The summed E-state index contributed by atoms with van der Waals surface area (Å²) in [5.41, 5.74) is 0. The van der Waals surface area contributed by atoms with Gasteiger partial charge < -0.3 is 14.6 Å². The first-order valence-corrected chi connectivity index (χ1v) is 16.6. The summed E-state index contributed by atoms with van der Waals surface area (Å²) in [7, 11) is 0. The maximum Gasteiger partial charge on any atom is 0.306 e. The predicted octanol–water partition coefficient (Wildman–Crippen LogP) is 10.2. The van der Waals surface area contributed by atoms with Crippen LogP contribution in [0.5, 0.6) is 0 Å². The Morgan fingerprint density at radius 1 is 0.615 bits per heavy atom. The van der Waals surface area contributed by atoms with Crippen molar-refractivity contribution < 1.29 is 19.4 Å². The molecule has 0 saturated heterocycles. The van der Waals surface area contributed by atoms with Gasteiger partial charge in [0.15, 0.2) is 0 Å². The highest BCUT2D eigenvalue weighted by Gasteiger charge is 2.13. The molecule has 1 atom stereocenters. The first kappa shape index (κ1) is 37.6. The lowest BCUT2D eigenvalue weighted by Gasteiger charge is -2.15. The molecule has 1 unspecified atom stereocenters. The maximum atomic E-state index is 12.1. The Labute approximate surface area is 242 Å². The second kappa shape index (κ2) is 32.8. The average molecular weight is 549 g/mol. The average Bonchev–Trinajstić information content (AvgIpc) is 2.94. The number of ether oxygens (including phenoxy) is 2. The lowest BCUT2D eigenvalue weighted by atomic mass is 10.1. The third kappa shape index (κ3) is 31.0. The zero-order chi connectivity index (χ0) is 28.5. The summed E-state index contributed by atoms with van der Waals surface area (Å²) in [6.07, 6.45) is 38.8. The molecule has 4 heteroatoms. The minimum absolute atomic E-state index is 0.179. The summed E-state index contributed by atoms with van der Waals surface area (Å²) >= 11 is 0. The van der Waals surface area contributed by atoms with Gasteiger partial charge in [-0.05, 0) is 64.2 Å². The van der Waals surface area contributed by atoms with Crippen molar-refractivity contribution in [2.24, 2.45) is 0 Å². The molecule has 0 saturated carbocycles. The lowest BCUT2D eigenvalue weighted by Crippen LogP contribution is -2.27. The van der Waals surface area contributed by atoms with Gasteiger partial charge in [0.25, 0.3) is 0 Å². The molecule has 228 valence electrons. The van der Waals surface area contributed by atoms with Crippen LogP contribution in [0, 0.1) is 0 Å². The van der Waals surface area contributed by atoms with Gasteiger partial charge >= 0.3 is 5.97 Å². The Bertz CT molecular complexity index is 581. The highest BCUT2D eigenvalue weighted by Crippen LogP contribution is 2.11. The largest absolute Gasteiger partial charge is 0.457 e. The number of unbranched alkanes of at least 4 members (excludes halogenated alkanes) is 16. The summed E-state index contributed by atoms with van der Waals surface area (Å²) in [4.78, 5) is 12.1. The predicted molar refractivity (Wildman–Crippen MR) is 168 cm³/mol. The fourth-order valence-corrected chi connectivity index (χ4v) is 4.42. The maximum absolute atomic E-state index is 12.1. The van der Waals surface area contributed by atoms with E-state index in [2.05, 4.69) is 50.3 Å². The van der Waals surface area contributed by atoms with E-state index in [9.17, 15) is 9.90 Å². The van der Waals surface area contributed by atoms with Crippen LogP contribution in [0.1, 0.15) is 155 Å². The number of esters is 1. The first-order chi connectivity index (χ1) is 19.2. The summed E-state index contributed by atoms with van der Waals surface area (Å²) < 4.78 is 11.1. The van der Waals surface area contributed by atoms with Gasteiger partial charge in [-0.15, -0.1) is 0 Å². The number of aliphatic hydroxyl groups excluding tert-OH is 1. The van der Waals surface area contributed by atoms with Gasteiger partial charge in [0.05, 0.1) is 13.2 Å². The van der Waals surface area contributed by atoms with Crippen LogP contribution in [0.25, 0.3) is 0 Å². The zero-order valence-corrected chi connectivity index (χ0v) is 25.9. The minimum Gasteiger partial charge on any atom is -0.457 e. The van der Waals surface area contributed by atoms with Gasteiger partial charge in [-0.2, -0.15) is 0 Å².